The average Bonchev–Trinajstić information content (AvgIpc) is 2.75. The highest BCUT2D eigenvalue weighted by molar-refractivity contribution is 5.77. The number of hydrogen-bond donors (Lipinski definition) is 2. The zero-order chi connectivity index (χ0) is 16.9. The first-order chi connectivity index (χ1) is 10.8. The van der Waals surface area contributed by atoms with Gasteiger partial charge in [0.1, 0.15) is 5.82 Å². The van der Waals surface area contributed by atoms with Gasteiger partial charge in [0.05, 0.1) is 11.4 Å². The van der Waals surface area contributed by atoms with Crippen molar-refractivity contribution in [1.82, 2.24) is 14.6 Å². The molecule has 0 amide bonds. The molecule has 0 aliphatic carbocycles. The topological polar surface area (TPSA) is 82.2 Å². The van der Waals surface area contributed by atoms with Crippen LogP contribution in [0.15, 0.2) is 12.1 Å². The fourth-order valence-corrected chi connectivity index (χ4v) is 3.28. The number of fused-ring (bicyclic) bond motifs is 1. The molecule has 0 aliphatic heterocycles. The number of anilines is 1. The molecule has 0 spiro atoms. The highest BCUT2D eigenvalue weighted by Gasteiger charge is 2.19. The highest BCUT2D eigenvalue weighted by atomic mass is 15.3. The molecule has 23 heavy (non-hydrogen) atoms. The molecular formula is C18H23N5. The van der Waals surface area contributed by atoms with E-state index in [1.165, 1.54) is 16.7 Å². The summed E-state index contributed by atoms with van der Waals surface area (Å²) >= 11 is 0. The van der Waals surface area contributed by atoms with Crippen LogP contribution in [-0.4, -0.2) is 14.6 Å². The summed E-state index contributed by atoms with van der Waals surface area (Å²) in [5.74, 6) is 0.572. The maximum atomic E-state index is 6.36. The highest BCUT2D eigenvalue weighted by Crippen LogP contribution is 2.33. The van der Waals surface area contributed by atoms with E-state index in [1.807, 2.05) is 13.8 Å². The molecule has 0 bridgehead atoms. The second-order valence-electron chi connectivity index (χ2n) is 6.25. The third-order valence-electron chi connectivity index (χ3n) is 4.49. The molecule has 0 aliphatic rings. The van der Waals surface area contributed by atoms with Gasteiger partial charge in [-0.25, -0.2) is 4.98 Å². The second-order valence-corrected chi connectivity index (χ2v) is 6.25. The average molecular weight is 309 g/mol. The Balaban J connectivity index is 2.44. The third-order valence-corrected chi connectivity index (χ3v) is 4.49. The lowest BCUT2D eigenvalue weighted by Gasteiger charge is -2.16. The molecule has 0 radical (unpaired) electrons. The summed E-state index contributed by atoms with van der Waals surface area (Å²) in [5, 5.41) is 4.49. The Morgan fingerprint density at radius 3 is 2.22 bits per heavy atom. The zero-order valence-corrected chi connectivity index (χ0v) is 14.4. The van der Waals surface area contributed by atoms with Crippen molar-refractivity contribution < 1.29 is 0 Å². The fourth-order valence-electron chi connectivity index (χ4n) is 3.28. The Labute approximate surface area is 136 Å². The van der Waals surface area contributed by atoms with Crippen molar-refractivity contribution in [2.75, 3.05) is 5.73 Å². The molecule has 3 aromatic rings. The first kappa shape index (κ1) is 15.5. The number of aryl methyl sites for hydroxylation is 5. The van der Waals surface area contributed by atoms with Gasteiger partial charge in [0.25, 0.3) is 0 Å². The van der Waals surface area contributed by atoms with Crippen LogP contribution in [0.3, 0.4) is 0 Å². The summed E-state index contributed by atoms with van der Waals surface area (Å²) in [5.41, 5.74) is 21.6. The molecule has 5 heteroatoms. The number of aromatic nitrogens is 3. The fraction of sp³-hybridized carbons (Fsp3) is 0.333. The summed E-state index contributed by atoms with van der Waals surface area (Å²) in [7, 11) is 0. The van der Waals surface area contributed by atoms with E-state index in [9.17, 15) is 0 Å². The van der Waals surface area contributed by atoms with Gasteiger partial charge in [-0.3, -0.25) is 0 Å². The normalized spacial score (nSPS) is 11.4. The second kappa shape index (κ2) is 5.35. The number of nitrogens with zero attached hydrogens (tertiary/aromatic N) is 3. The predicted octanol–water partition coefficient (Wildman–Crippen LogP) is 2.98. The number of nitrogen functional groups attached to an aromatic ring is 1. The number of rotatable bonds is 2. The lowest BCUT2D eigenvalue weighted by Crippen LogP contribution is -2.12. The Bertz CT molecular complexity index is 898. The molecule has 4 N–H and O–H groups in total. The van der Waals surface area contributed by atoms with E-state index in [0.29, 0.717) is 12.4 Å². The minimum Gasteiger partial charge on any atom is -0.383 e. The van der Waals surface area contributed by atoms with Crippen LogP contribution in [0.2, 0.25) is 0 Å². The van der Waals surface area contributed by atoms with Crippen molar-refractivity contribution >= 4 is 11.5 Å². The van der Waals surface area contributed by atoms with Crippen LogP contribution < -0.4 is 11.5 Å². The van der Waals surface area contributed by atoms with Gasteiger partial charge < -0.3 is 11.5 Å². The van der Waals surface area contributed by atoms with Gasteiger partial charge in [0, 0.05) is 23.2 Å². The molecule has 0 fully saturated rings. The molecule has 0 atom stereocenters. The molecule has 2 aromatic heterocycles. The Hall–Kier alpha value is -2.40. The van der Waals surface area contributed by atoms with E-state index in [-0.39, 0.29) is 0 Å². The van der Waals surface area contributed by atoms with Gasteiger partial charge in [-0.05, 0) is 45.7 Å². The summed E-state index contributed by atoms with van der Waals surface area (Å²) in [6.07, 6.45) is 0. The van der Waals surface area contributed by atoms with Crippen LogP contribution in [0, 0.1) is 34.6 Å². The minimum atomic E-state index is 0.328. The lowest BCUT2D eigenvalue weighted by molar-refractivity contribution is 0.903. The first-order valence-electron chi connectivity index (χ1n) is 7.77. The Morgan fingerprint density at radius 2 is 1.65 bits per heavy atom. The van der Waals surface area contributed by atoms with Gasteiger partial charge in [0.15, 0.2) is 5.65 Å². The molecule has 120 valence electrons. The van der Waals surface area contributed by atoms with E-state index in [0.717, 1.165) is 33.7 Å². The summed E-state index contributed by atoms with van der Waals surface area (Å²) < 4.78 is 1.70. The SMILES string of the molecule is Cc1cc(C)c(-c2nc3c(C)c(C)nn3c(N)c2CN)c(C)c1. The molecule has 1 aromatic carbocycles. The molecule has 3 rings (SSSR count). The van der Waals surface area contributed by atoms with E-state index >= 15 is 0 Å². The number of hydrogen-bond acceptors (Lipinski definition) is 4. The van der Waals surface area contributed by atoms with Crippen LogP contribution in [0.4, 0.5) is 5.82 Å². The summed E-state index contributed by atoms with van der Waals surface area (Å²) in [6.45, 7) is 10.6. The van der Waals surface area contributed by atoms with E-state index < -0.39 is 0 Å². The molecule has 0 saturated heterocycles. The number of nitrogens with two attached hydrogens (primary N) is 2. The predicted molar refractivity (Wildman–Crippen MR) is 94.4 cm³/mol. The lowest BCUT2D eigenvalue weighted by atomic mass is 9.94. The van der Waals surface area contributed by atoms with Gasteiger partial charge in [-0.15, -0.1) is 0 Å². The largest absolute Gasteiger partial charge is 0.383 e. The van der Waals surface area contributed by atoms with Crippen molar-refractivity contribution in [2.45, 2.75) is 41.2 Å². The quantitative estimate of drug-likeness (QED) is 0.762. The Kier molecular flexibility index (Phi) is 3.60. The van der Waals surface area contributed by atoms with Crippen LogP contribution >= 0.6 is 0 Å². The first-order valence-corrected chi connectivity index (χ1v) is 7.77. The molecule has 0 saturated carbocycles. The smallest absolute Gasteiger partial charge is 0.161 e. The summed E-state index contributed by atoms with van der Waals surface area (Å²) in [4.78, 5) is 4.89. The van der Waals surface area contributed by atoms with Crippen molar-refractivity contribution in [2.24, 2.45) is 5.73 Å². The summed E-state index contributed by atoms with van der Waals surface area (Å²) in [6, 6.07) is 4.33. The zero-order valence-electron chi connectivity index (χ0n) is 14.4. The van der Waals surface area contributed by atoms with Gasteiger partial charge in [0.2, 0.25) is 0 Å². The van der Waals surface area contributed by atoms with Gasteiger partial charge >= 0.3 is 0 Å². The standard InChI is InChI=1S/C18H23N5/c1-9-6-10(2)15(11(3)7-9)16-14(8-19)17(20)23-18(21-16)12(4)13(5)22-23/h6-7H,8,19-20H2,1-5H3. The Morgan fingerprint density at radius 1 is 1.04 bits per heavy atom. The van der Waals surface area contributed by atoms with Crippen molar-refractivity contribution in [3.63, 3.8) is 0 Å². The van der Waals surface area contributed by atoms with E-state index in [1.54, 1.807) is 4.52 Å². The molecule has 5 nitrogen and oxygen atoms in total. The minimum absolute atomic E-state index is 0.328. The van der Waals surface area contributed by atoms with Crippen molar-refractivity contribution in [3.05, 3.63) is 45.6 Å². The molecular weight excluding hydrogens is 286 g/mol. The van der Waals surface area contributed by atoms with Crippen molar-refractivity contribution in [1.29, 1.82) is 0 Å². The molecule has 0 unspecified atom stereocenters. The number of benzene rings is 1. The van der Waals surface area contributed by atoms with Crippen molar-refractivity contribution in [3.8, 4) is 11.3 Å². The molecule has 2 heterocycles. The van der Waals surface area contributed by atoms with E-state index in [2.05, 4.69) is 38.0 Å². The van der Waals surface area contributed by atoms with Crippen LogP contribution in [0.5, 0.6) is 0 Å². The maximum Gasteiger partial charge on any atom is 0.161 e. The van der Waals surface area contributed by atoms with Crippen LogP contribution in [0.1, 0.15) is 33.5 Å². The van der Waals surface area contributed by atoms with Crippen LogP contribution in [0.25, 0.3) is 16.9 Å². The van der Waals surface area contributed by atoms with Gasteiger partial charge in [-0.2, -0.15) is 9.61 Å². The van der Waals surface area contributed by atoms with E-state index in [4.69, 9.17) is 16.5 Å². The maximum absolute atomic E-state index is 6.36. The monoisotopic (exact) mass is 309 g/mol. The third kappa shape index (κ3) is 2.28. The van der Waals surface area contributed by atoms with Gasteiger partial charge in [-0.1, -0.05) is 17.7 Å². The van der Waals surface area contributed by atoms with Crippen LogP contribution in [-0.2, 0) is 6.54 Å².